The monoisotopic (exact) mass is 341 g/mol. The summed E-state index contributed by atoms with van der Waals surface area (Å²) < 4.78 is 18.9. The minimum atomic E-state index is -0.281. The number of hydrogen-bond donors (Lipinski definition) is 0. The van der Waals surface area contributed by atoms with E-state index in [1.807, 2.05) is 30.3 Å². The highest BCUT2D eigenvalue weighted by Gasteiger charge is 2.16. The lowest BCUT2D eigenvalue weighted by Gasteiger charge is -2.05. The molecule has 0 aliphatic rings. The van der Waals surface area contributed by atoms with Crippen LogP contribution in [0.5, 0.6) is 0 Å². The summed E-state index contributed by atoms with van der Waals surface area (Å²) in [5, 5.41) is 6.09. The number of para-hydroxylation sites is 1. The molecule has 124 valence electrons. The van der Waals surface area contributed by atoms with Gasteiger partial charge in [-0.05, 0) is 36.4 Å². The van der Waals surface area contributed by atoms with Gasteiger partial charge in [0.25, 0.3) is 0 Å². The lowest BCUT2D eigenvalue weighted by molar-refractivity contribution is 0.460. The SMILES string of the molecule is Fc1ccc(-c2noc3c(-c4cncc5ncccc45)cccc23)cc1. The molecule has 3 aromatic heterocycles. The van der Waals surface area contributed by atoms with Gasteiger partial charge in [0.05, 0.1) is 17.1 Å². The fourth-order valence-corrected chi connectivity index (χ4v) is 3.21. The van der Waals surface area contributed by atoms with Gasteiger partial charge in [0, 0.05) is 34.5 Å². The fraction of sp³-hybridized carbons (Fsp3) is 0. The number of halogens is 1. The molecule has 5 aromatic rings. The Kier molecular flexibility index (Phi) is 3.25. The molecule has 0 atom stereocenters. The van der Waals surface area contributed by atoms with E-state index >= 15 is 0 Å². The standard InChI is InChI=1S/C21H12FN3O/c22-14-8-6-13(7-9-14)20-17-4-1-3-16(21(17)26-25-20)18-11-23-12-19-15(18)5-2-10-24-19/h1-12H. The maximum Gasteiger partial charge on any atom is 0.175 e. The quantitative estimate of drug-likeness (QED) is 0.440. The summed E-state index contributed by atoms with van der Waals surface area (Å²) in [6.45, 7) is 0. The molecule has 0 N–H and O–H groups in total. The van der Waals surface area contributed by atoms with Crippen molar-refractivity contribution < 1.29 is 8.91 Å². The molecule has 0 spiro atoms. The number of rotatable bonds is 2. The lowest BCUT2D eigenvalue weighted by Crippen LogP contribution is -1.86. The number of nitrogens with zero attached hydrogens (tertiary/aromatic N) is 3. The summed E-state index contributed by atoms with van der Waals surface area (Å²) in [5.41, 5.74) is 4.82. The van der Waals surface area contributed by atoms with Crippen molar-refractivity contribution in [3.63, 3.8) is 0 Å². The molecular weight excluding hydrogens is 329 g/mol. The van der Waals surface area contributed by atoms with Gasteiger partial charge in [0.1, 0.15) is 11.5 Å². The Hall–Kier alpha value is -3.60. The first-order valence-corrected chi connectivity index (χ1v) is 8.15. The molecule has 0 radical (unpaired) electrons. The van der Waals surface area contributed by atoms with Gasteiger partial charge in [0.2, 0.25) is 0 Å². The van der Waals surface area contributed by atoms with Crippen LogP contribution in [-0.2, 0) is 0 Å². The Balaban J connectivity index is 1.76. The van der Waals surface area contributed by atoms with Crippen LogP contribution < -0.4 is 0 Å². The van der Waals surface area contributed by atoms with Crippen LogP contribution in [0, 0.1) is 5.82 Å². The zero-order valence-electron chi connectivity index (χ0n) is 13.6. The summed E-state index contributed by atoms with van der Waals surface area (Å²) in [6, 6.07) is 16.0. The molecule has 5 rings (SSSR count). The molecule has 26 heavy (non-hydrogen) atoms. The average Bonchev–Trinajstić information content (AvgIpc) is 3.12. The molecule has 2 aromatic carbocycles. The Morgan fingerprint density at radius 3 is 2.54 bits per heavy atom. The largest absolute Gasteiger partial charge is 0.355 e. The summed E-state index contributed by atoms with van der Waals surface area (Å²) in [5.74, 6) is -0.281. The van der Waals surface area contributed by atoms with E-state index in [2.05, 4.69) is 15.1 Å². The second kappa shape index (κ2) is 5.74. The number of aromatic nitrogens is 3. The minimum Gasteiger partial charge on any atom is -0.355 e. The maximum absolute atomic E-state index is 13.2. The van der Waals surface area contributed by atoms with Crippen LogP contribution >= 0.6 is 0 Å². The Bertz CT molecular complexity index is 1240. The highest BCUT2D eigenvalue weighted by Crippen LogP contribution is 2.36. The predicted octanol–water partition coefficient (Wildman–Crippen LogP) is 5.24. The zero-order chi connectivity index (χ0) is 17.5. The van der Waals surface area contributed by atoms with E-state index in [-0.39, 0.29) is 5.82 Å². The van der Waals surface area contributed by atoms with Crippen LogP contribution in [0.2, 0.25) is 0 Å². The first-order valence-electron chi connectivity index (χ1n) is 8.15. The third kappa shape index (κ3) is 2.25. The topological polar surface area (TPSA) is 51.8 Å². The molecule has 0 aliphatic carbocycles. The third-order valence-electron chi connectivity index (χ3n) is 4.44. The maximum atomic E-state index is 13.2. The molecule has 0 aliphatic heterocycles. The smallest absolute Gasteiger partial charge is 0.175 e. The molecule has 5 heteroatoms. The van der Waals surface area contributed by atoms with Gasteiger partial charge in [0.15, 0.2) is 5.58 Å². The van der Waals surface area contributed by atoms with Crippen LogP contribution in [0.3, 0.4) is 0 Å². The predicted molar refractivity (Wildman–Crippen MR) is 97.9 cm³/mol. The van der Waals surface area contributed by atoms with E-state index < -0.39 is 0 Å². The number of fused-ring (bicyclic) bond motifs is 2. The van der Waals surface area contributed by atoms with Crippen LogP contribution in [0.15, 0.2) is 77.7 Å². The van der Waals surface area contributed by atoms with Gasteiger partial charge in [-0.2, -0.15) is 0 Å². The molecule has 0 saturated carbocycles. The second-order valence-electron chi connectivity index (χ2n) is 5.98. The Labute approximate surface area is 147 Å². The van der Waals surface area contributed by atoms with Crippen LogP contribution in [0.1, 0.15) is 0 Å². The molecule has 3 heterocycles. The van der Waals surface area contributed by atoms with E-state index in [9.17, 15) is 4.39 Å². The molecule has 0 amide bonds. The van der Waals surface area contributed by atoms with Crippen molar-refractivity contribution in [3.8, 4) is 22.4 Å². The van der Waals surface area contributed by atoms with Crippen molar-refractivity contribution in [2.24, 2.45) is 0 Å². The third-order valence-corrected chi connectivity index (χ3v) is 4.44. The Morgan fingerprint density at radius 1 is 0.808 bits per heavy atom. The van der Waals surface area contributed by atoms with Crippen molar-refractivity contribution in [3.05, 3.63) is 79.0 Å². The summed E-state index contributed by atoms with van der Waals surface area (Å²) in [6.07, 6.45) is 5.29. The van der Waals surface area contributed by atoms with Crippen molar-refractivity contribution in [1.82, 2.24) is 15.1 Å². The van der Waals surface area contributed by atoms with Gasteiger partial charge < -0.3 is 4.52 Å². The summed E-state index contributed by atoms with van der Waals surface area (Å²) in [4.78, 5) is 8.67. The van der Waals surface area contributed by atoms with Crippen molar-refractivity contribution in [1.29, 1.82) is 0 Å². The number of pyridine rings is 2. The van der Waals surface area contributed by atoms with E-state index in [1.165, 1.54) is 12.1 Å². The van der Waals surface area contributed by atoms with Crippen LogP contribution in [-0.4, -0.2) is 15.1 Å². The summed E-state index contributed by atoms with van der Waals surface area (Å²) in [7, 11) is 0. The Morgan fingerprint density at radius 2 is 1.65 bits per heavy atom. The first-order chi connectivity index (χ1) is 12.8. The van der Waals surface area contributed by atoms with Gasteiger partial charge in [-0.3, -0.25) is 9.97 Å². The van der Waals surface area contributed by atoms with E-state index in [0.29, 0.717) is 11.3 Å². The fourth-order valence-electron chi connectivity index (χ4n) is 3.21. The molecule has 0 saturated heterocycles. The molecular formula is C21H12FN3O. The summed E-state index contributed by atoms with van der Waals surface area (Å²) >= 11 is 0. The zero-order valence-corrected chi connectivity index (χ0v) is 13.6. The molecule has 0 bridgehead atoms. The highest BCUT2D eigenvalue weighted by molar-refractivity contribution is 6.05. The number of benzene rings is 2. The van der Waals surface area contributed by atoms with Crippen molar-refractivity contribution >= 4 is 21.9 Å². The highest BCUT2D eigenvalue weighted by atomic mass is 19.1. The van der Waals surface area contributed by atoms with Crippen molar-refractivity contribution in [2.45, 2.75) is 0 Å². The van der Waals surface area contributed by atoms with Gasteiger partial charge in [-0.1, -0.05) is 23.4 Å². The van der Waals surface area contributed by atoms with Crippen LogP contribution in [0.25, 0.3) is 44.3 Å². The first kappa shape index (κ1) is 14.7. The molecule has 0 unspecified atom stereocenters. The lowest BCUT2D eigenvalue weighted by atomic mass is 9.99. The van der Waals surface area contributed by atoms with Crippen molar-refractivity contribution in [2.75, 3.05) is 0 Å². The van der Waals surface area contributed by atoms with E-state index in [4.69, 9.17) is 4.52 Å². The normalized spacial score (nSPS) is 11.3. The number of hydrogen-bond acceptors (Lipinski definition) is 4. The van der Waals surface area contributed by atoms with E-state index in [1.54, 1.807) is 30.7 Å². The molecule has 4 nitrogen and oxygen atoms in total. The second-order valence-corrected chi connectivity index (χ2v) is 5.98. The average molecular weight is 341 g/mol. The minimum absolute atomic E-state index is 0.281. The van der Waals surface area contributed by atoms with Gasteiger partial charge in [-0.25, -0.2) is 4.39 Å². The van der Waals surface area contributed by atoms with Gasteiger partial charge in [-0.15, -0.1) is 0 Å². The van der Waals surface area contributed by atoms with Gasteiger partial charge >= 0.3 is 0 Å². The molecule has 0 fully saturated rings. The van der Waals surface area contributed by atoms with Crippen LogP contribution in [0.4, 0.5) is 4.39 Å². The van der Waals surface area contributed by atoms with E-state index in [0.717, 1.165) is 33.0 Å².